The highest BCUT2D eigenvalue weighted by atomic mass is 35.5. The molecule has 0 aliphatic heterocycles. The van der Waals surface area contributed by atoms with Crippen molar-refractivity contribution in [3.8, 4) is 5.75 Å². The van der Waals surface area contributed by atoms with E-state index in [-0.39, 0.29) is 18.0 Å². The zero-order valence-corrected chi connectivity index (χ0v) is 12.5. The van der Waals surface area contributed by atoms with Gasteiger partial charge in [-0.15, -0.1) is 0 Å². The number of hydrogen-bond acceptors (Lipinski definition) is 4. The molecule has 0 fully saturated rings. The van der Waals surface area contributed by atoms with E-state index in [2.05, 4.69) is 0 Å². The third kappa shape index (κ3) is 6.59. The van der Waals surface area contributed by atoms with Gasteiger partial charge in [-0.05, 0) is 31.5 Å². The minimum atomic E-state index is -3.02. The Morgan fingerprint density at radius 1 is 1.42 bits per heavy atom. The zero-order valence-electron chi connectivity index (χ0n) is 10.9. The van der Waals surface area contributed by atoms with Crippen molar-refractivity contribution >= 4 is 27.2 Å². The molecular weight excluding hydrogens is 288 g/mol. The van der Waals surface area contributed by atoms with Gasteiger partial charge in [-0.25, -0.2) is 8.42 Å². The lowest BCUT2D eigenvalue weighted by atomic mass is 10.1. The number of Topliss-reactive ketones (excluding diaryl/α,β-unsaturated/α-hetero) is 1. The predicted molar refractivity (Wildman–Crippen MR) is 75.5 cm³/mol. The largest absolute Gasteiger partial charge is 0.483 e. The monoisotopic (exact) mass is 304 g/mol. The molecule has 6 heteroatoms. The number of carbonyl (C=O) groups excluding carboxylic acids is 1. The first-order valence-corrected chi connectivity index (χ1v) is 8.34. The number of sulfone groups is 1. The van der Waals surface area contributed by atoms with E-state index in [9.17, 15) is 13.2 Å². The van der Waals surface area contributed by atoms with Gasteiger partial charge in [0.15, 0.2) is 11.9 Å². The number of halogens is 1. The molecule has 0 bridgehead atoms. The first kappa shape index (κ1) is 16.0. The van der Waals surface area contributed by atoms with Gasteiger partial charge in [0.05, 0.1) is 5.75 Å². The van der Waals surface area contributed by atoms with Gasteiger partial charge in [0.25, 0.3) is 0 Å². The Kier molecular flexibility index (Phi) is 5.82. The highest BCUT2D eigenvalue weighted by Crippen LogP contribution is 2.18. The Hall–Kier alpha value is -1.07. The van der Waals surface area contributed by atoms with E-state index in [1.165, 1.54) is 0 Å². The molecule has 0 aliphatic rings. The van der Waals surface area contributed by atoms with Crippen LogP contribution in [-0.4, -0.2) is 32.3 Å². The van der Waals surface area contributed by atoms with Crippen LogP contribution in [0.25, 0.3) is 0 Å². The van der Waals surface area contributed by atoms with Crippen molar-refractivity contribution in [1.82, 2.24) is 0 Å². The second-order valence-corrected chi connectivity index (χ2v) is 7.11. The normalized spacial score (nSPS) is 13.0. The summed E-state index contributed by atoms with van der Waals surface area (Å²) < 4.78 is 27.4. The molecule has 0 saturated carbocycles. The predicted octanol–water partition coefficient (Wildman–Crippen LogP) is 2.50. The number of hydrogen-bond donors (Lipinski definition) is 0. The molecule has 106 valence electrons. The fourth-order valence-electron chi connectivity index (χ4n) is 1.52. The Bertz CT molecular complexity index is 539. The number of ketones is 1. The highest BCUT2D eigenvalue weighted by Gasteiger charge is 2.15. The summed E-state index contributed by atoms with van der Waals surface area (Å²) in [6, 6.07) is 6.79. The Labute approximate surface area is 118 Å². The molecule has 1 unspecified atom stereocenters. The van der Waals surface area contributed by atoms with Crippen LogP contribution in [0, 0.1) is 0 Å². The summed E-state index contributed by atoms with van der Waals surface area (Å²) in [5.74, 6) is 0.419. The lowest BCUT2D eigenvalue weighted by Gasteiger charge is -2.13. The van der Waals surface area contributed by atoms with Crippen molar-refractivity contribution in [3.05, 3.63) is 29.3 Å². The molecule has 1 aromatic carbocycles. The van der Waals surface area contributed by atoms with Crippen LogP contribution in [0.5, 0.6) is 5.75 Å². The molecule has 0 aromatic heterocycles. The van der Waals surface area contributed by atoms with E-state index < -0.39 is 15.9 Å². The first-order valence-electron chi connectivity index (χ1n) is 5.90. The van der Waals surface area contributed by atoms with Gasteiger partial charge >= 0.3 is 0 Å². The third-order valence-corrected chi connectivity index (χ3v) is 3.77. The molecule has 0 aliphatic carbocycles. The quantitative estimate of drug-likeness (QED) is 0.776. The van der Waals surface area contributed by atoms with Gasteiger partial charge in [-0.2, -0.15) is 0 Å². The topological polar surface area (TPSA) is 60.4 Å². The maximum atomic E-state index is 11.8. The smallest absolute Gasteiger partial charge is 0.173 e. The van der Waals surface area contributed by atoms with Gasteiger partial charge in [0, 0.05) is 17.7 Å². The Morgan fingerprint density at radius 2 is 2.11 bits per heavy atom. The minimum absolute atomic E-state index is 0.0165. The van der Waals surface area contributed by atoms with Crippen LogP contribution in [-0.2, 0) is 14.6 Å². The van der Waals surface area contributed by atoms with Gasteiger partial charge < -0.3 is 4.74 Å². The summed E-state index contributed by atoms with van der Waals surface area (Å²) in [5, 5.41) is 0.536. The maximum Gasteiger partial charge on any atom is 0.173 e. The Morgan fingerprint density at radius 3 is 2.68 bits per heavy atom. The third-order valence-electron chi connectivity index (χ3n) is 2.50. The average molecular weight is 305 g/mol. The maximum absolute atomic E-state index is 11.8. The minimum Gasteiger partial charge on any atom is -0.483 e. The average Bonchev–Trinajstić information content (AvgIpc) is 2.27. The fraction of sp³-hybridized carbons (Fsp3) is 0.462. The van der Waals surface area contributed by atoms with Crippen molar-refractivity contribution in [1.29, 1.82) is 0 Å². The lowest BCUT2D eigenvalue weighted by Crippen LogP contribution is -2.24. The zero-order chi connectivity index (χ0) is 14.5. The van der Waals surface area contributed by atoms with Crippen LogP contribution in [0.3, 0.4) is 0 Å². The van der Waals surface area contributed by atoms with Crippen LogP contribution < -0.4 is 4.74 Å². The molecule has 1 aromatic rings. The van der Waals surface area contributed by atoms with Gasteiger partial charge in [-0.1, -0.05) is 17.7 Å². The van der Waals surface area contributed by atoms with Crippen LogP contribution in [0.15, 0.2) is 24.3 Å². The van der Waals surface area contributed by atoms with E-state index in [0.29, 0.717) is 17.2 Å². The number of ether oxygens (including phenoxy) is 1. The molecule has 1 atom stereocenters. The summed E-state index contributed by atoms with van der Waals surface area (Å²) in [5.41, 5.74) is 0. The van der Waals surface area contributed by atoms with Crippen LogP contribution >= 0.6 is 11.6 Å². The standard InChI is InChI=1S/C13H17ClO4S/c1-10(13(15)7-4-8-19(2,16)17)18-12-6-3-5-11(14)9-12/h3,5-6,9-10H,4,7-8H2,1-2H3. The second-order valence-electron chi connectivity index (χ2n) is 4.42. The summed E-state index contributed by atoms with van der Waals surface area (Å²) in [4.78, 5) is 11.8. The molecule has 0 saturated heterocycles. The van der Waals surface area contributed by atoms with E-state index in [0.717, 1.165) is 6.26 Å². The number of rotatable bonds is 7. The SMILES string of the molecule is CC(Oc1cccc(Cl)c1)C(=O)CCCS(C)(=O)=O. The number of carbonyl (C=O) groups is 1. The molecule has 19 heavy (non-hydrogen) atoms. The molecule has 0 spiro atoms. The van der Waals surface area contributed by atoms with Crippen molar-refractivity contribution in [2.75, 3.05) is 12.0 Å². The molecule has 0 heterocycles. The highest BCUT2D eigenvalue weighted by molar-refractivity contribution is 7.90. The molecule has 0 radical (unpaired) electrons. The van der Waals surface area contributed by atoms with Crippen molar-refractivity contribution in [2.45, 2.75) is 25.9 Å². The van der Waals surface area contributed by atoms with E-state index in [4.69, 9.17) is 16.3 Å². The lowest BCUT2D eigenvalue weighted by molar-refractivity contribution is -0.125. The molecule has 4 nitrogen and oxygen atoms in total. The number of benzene rings is 1. The molecular formula is C13H17ClO4S. The first-order chi connectivity index (χ1) is 8.78. The van der Waals surface area contributed by atoms with Gasteiger partial charge in [0.2, 0.25) is 0 Å². The summed E-state index contributed by atoms with van der Waals surface area (Å²) in [7, 11) is -3.02. The van der Waals surface area contributed by atoms with Gasteiger partial charge in [0.1, 0.15) is 15.6 Å². The summed E-state index contributed by atoms with van der Waals surface area (Å²) >= 11 is 5.81. The molecule has 0 N–H and O–H groups in total. The second kappa shape index (κ2) is 6.91. The van der Waals surface area contributed by atoms with Crippen molar-refractivity contribution in [3.63, 3.8) is 0 Å². The van der Waals surface area contributed by atoms with Gasteiger partial charge in [-0.3, -0.25) is 4.79 Å². The fourth-order valence-corrected chi connectivity index (χ4v) is 2.37. The molecule has 0 amide bonds. The van der Waals surface area contributed by atoms with Crippen molar-refractivity contribution in [2.24, 2.45) is 0 Å². The van der Waals surface area contributed by atoms with E-state index in [1.807, 2.05) is 0 Å². The van der Waals surface area contributed by atoms with E-state index in [1.54, 1.807) is 31.2 Å². The van der Waals surface area contributed by atoms with Crippen LogP contribution in [0.1, 0.15) is 19.8 Å². The van der Waals surface area contributed by atoms with E-state index >= 15 is 0 Å². The Balaban J connectivity index is 2.45. The summed E-state index contributed by atoms with van der Waals surface area (Å²) in [6.07, 6.45) is 1.05. The van der Waals surface area contributed by atoms with Crippen molar-refractivity contribution < 1.29 is 17.9 Å². The van der Waals surface area contributed by atoms with Crippen LogP contribution in [0.4, 0.5) is 0 Å². The molecule has 1 rings (SSSR count). The summed E-state index contributed by atoms with van der Waals surface area (Å²) in [6.45, 7) is 1.64. The van der Waals surface area contributed by atoms with Crippen LogP contribution in [0.2, 0.25) is 5.02 Å².